The highest BCUT2D eigenvalue weighted by atomic mass is 16.3. The molecule has 0 aliphatic rings. The lowest BCUT2D eigenvalue weighted by molar-refractivity contribution is 0.183. The number of hydrogen-bond donors (Lipinski definition) is 2. The average Bonchev–Trinajstić information content (AvgIpc) is 2.26. The lowest BCUT2D eigenvalue weighted by atomic mass is 10.2. The molecule has 0 aliphatic heterocycles. The second-order valence-electron chi connectivity index (χ2n) is 2.95. The fourth-order valence-electron chi connectivity index (χ4n) is 1.01. The lowest BCUT2D eigenvalue weighted by Gasteiger charge is -2.10. The molecule has 0 saturated heterocycles. The molecular formula is C10H13N3O. The SMILES string of the molecule is CC[C@H](O)CNc1cccnc1C#N. The van der Waals surface area contributed by atoms with Crippen LogP contribution in [0.25, 0.3) is 0 Å². The van der Waals surface area contributed by atoms with Crippen LogP contribution in [-0.2, 0) is 0 Å². The molecule has 0 aliphatic carbocycles. The second-order valence-corrected chi connectivity index (χ2v) is 2.95. The predicted molar refractivity (Wildman–Crippen MR) is 53.7 cm³/mol. The number of anilines is 1. The smallest absolute Gasteiger partial charge is 0.163 e. The van der Waals surface area contributed by atoms with Gasteiger partial charge in [-0.1, -0.05) is 6.92 Å². The summed E-state index contributed by atoms with van der Waals surface area (Å²) in [6, 6.07) is 5.51. The summed E-state index contributed by atoms with van der Waals surface area (Å²) in [6.45, 7) is 2.34. The minimum atomic E-state index is -0.387. The molecule has 0 saturated carbocycles. The van der Waals surface area contributed by atoms with Gasteiger partial charge in [-0.2, -0.15) is 5.26 Å². The summed E-state index contributed by atoms with van der Waals surface area (Å²) in [7, 11) is 0. The Bertz CT molecular complexity index is 332. The molecule has 1 rings (SSSR count). The average molecular weight is 191 g/mol. The Morgan fingerprint density at radius 1 is 1.71 bits per heavy atom. The van der Waals surface area contributed by atoms with Crippen LogP contribution < -0.4 is 5.32 Å². The van der Waals surface area contributed by atoms with E-state index in [1.54, 1.807) is 18.3 Å². The number of hydrogen-bond acceptors (Lipinski definition) is 4. The maximum Gasteiger partial charge on any atom is 0.163 e. The van der Waals surface area contributed by atoms with Crippen LogP contribution >= 0.6 is 0 Å². The van der Waals surface area contributed by atoms with E-state index in [0.29, 0.717) is 24.3 Å². The van der Waals surface area contributed by atoms with Gasteiger partial charge in [-0.3, -0.25) is 0 Å². The molecule has 1 aromatic heterocycles. The van der Waals surface area contributed by atoms with Crippen molar-refractivity contribution in [2.45, 2.75) is 19.4 Å². The second kappa shape index (κ2) is 5.20. The van der Waals surface area contributed by atoms with Gasteiger partial charge in [0.1, 0.15) is 6.07 Å². The van der Waals surface area contributed by atoms with Crippen molar-refractivity contribution in [2.75, 3.05) is 11.9 Å². The summed E-state index contributed by atoms with van der Waals surface area (Å²) in [5.74, 6) is 0. The number of rotatable bonds is 4. The van der Waals surface area contributed by atoms with Gasteiger partial charge in [-0.15, -0.1) is 0 Å². The molecule has 1 heterocycles. The van der Waals surface area contributed by atoms with Crippen LogP contribution in [0.2, 0.25) is 0 Å². The van der Waals surface area contributed by atoms with Gasteiger partial charge >= 0.3 is 0 Å². The summed E-state index contributed by atoms with van der Waals surface area (Å²) in [4.78, 5) is 3.90. The number of nitriles is 1. The molecule has 2 N–H and O–H groups in total. The minimum absolute atomic E-state index is 0.357. The summed E-state index contributed by atoms with van der Waals surface area (Å²) in [5.41, 5.74) is 1.03. The van der Waals surface area contributed by atoms with Crippen molar-refractivity contribution in [3.05, 3.63) is 24.0 Å². The molecule has 1 aromatic rings. The monoisotopic (exact) mass is 191 g/mol. The van der Waals surface area contributed by atoms with Crippen molar-refractivity contribution in [3.8, 4) is 6.07 Å². The maximum absolute atomic E-state index is 9.32. The third kappa shape index (κ3) is 2.71. The molecule has 0 aromatic carbocycles. The van der Waals surface area contributed by atoms with E-state index in [4.69, 9.17) is 5.26 Å². The molecule has 0 unspecified atom stereocenters. The third-order valence-electron chi connectivity index (χ3n) is 1.91. The van der Waals surface area contributed by atoms with Crippen LogP contribution in [0, 0.1) is 11.3 Å². The first-order valence-corrected chi connectivity index (χ1v) is 4.55. The molecule has 4 nitrogen and oxygen atoms in total. The molecule has 0 fully saturated rings. The third-order valence-corrected chi connectivity index (χ3v) is 1.91. The quantitative estimate of drug-likeness (QED) is 0.748. The van der Waals surface area contributed by atoms with E-state index < -0.39 is 0 Å². The summed E-state index contributed by atoms with van der Waals surface area (Å²) in [5, 5.41) is 21.0. The molecule has 0 spiro atoms. The normalized spacial score (nSPS) is 11.8. The number of aromatic nitrogens is 1. The van der Waals surface area contributed by atoms with Gasteiger partial charge in [0, 0.05) is 12.7 Å². The number of nitrogens with one attached hydrogen (secondary N) is 1. The molecule has 0 amide bonds. The molecular weight excluding hydrogens is 178 g/mol. The molecule has 1 atom stereocenters. The number of nitrogens with zero attached hydrogens (tertiary/aromatic N) is 2. The molecule has 0 bridgehead atoms. The van der Waals surface area contributed by atoms with E-state index >= 15 is 0 Å². The fraction of sp³-hybridized carbons (Fsp3) is 0.400. The molecule has 0 radical (unpaired) electrons. The highest BCUT2D eigenvalue weighted by Gasteiger charge is 2.04. The van der Waals surface area contributed by atoms with E-state index in [1.165, 1.54) is 0 Å². The number of pyridine rings is 1. The van der Waals surface area contributed by atoms with Gasteiger partial charge in [0.15, 0.2) is 5.69 Å². The van der Waals surface area contributed by atoms with Crippen molar-refractivity contribution >= 4 is 5.69 Å². The van der Waals surface area contributed by atoms with Crippen molar-refractivity contribution < 1.29 is 5.11 Å². The van der Waals surface area contributed by atoms with Gasteiger partial charge in [0.2, 0.25) is 0 Å². The Labute approximate surface area is 83.2 Å². The first-order valence-electron chi connectivity index (χ1n) is 4.55. The number of aliphatic hydroxyl groups excluding tert-OH is 1. The Morgan fingerprint density at radius 2 is 2.50 bits per heavy atom. The van der Waals surface area contributed by atoms with Gasteiger partial charge < -0.3 is 10.4 Å². The predicted octanol–water partition coefficient (Wildman–Crippen LogP) is 1.14. The zero-order valence-electron chi connectivity index (χ0n) is 8.07. The lowest BCUT2D eigenvalue weighted by Crippen LogP contribution is -2.18. The van der Waals surface area contributed by atoms with Crippen LogP contribution in [0.3, 0.4) is 0 Å². The first-order chi connectivity index (χ1) is 6.77. The standard InChI is InChI=1S/C10H13N3O/c1-2-8(14)7-13-9-4-3-5-12-10(9)6-11/h3-5,8,13-14H,2,7H2,1H3/t8-/m0/s1. The zero-order chi connectivity index (χ0) is 10.4. The Morgan fingerprint density at radius 3 is 3.14 bits per heavy atom. The van der Waals surface area contributed by atoms with E-state index in [2.05, 4.69) is 10.3 Å². The summed E-state index contributed by atoms with van der Waals surface area (Å²) < 4.78 is 0. The van der Waals surface area contributed by atoms with Crippen LogP contribution in [0.4, 0.5) is 5.69 Å². The zero-order valence-corrected chi connectivity index (χ0v) is 8.07. The van der Waals surface area contributed by atoms with Crippen molar-refractivity contribution in [1.29, 1.82) is 5.26 Å². The number of aliphatic hydroxyl groups is 1. The van der Waals surface area contributed by atoms with Crippen LogP contribution in [-0.4, -0.2) is 22.7 Å². The summed E-state index contributed by atoms with van der Waals surface area (Å²) >= 11 is 0. The van der Waals surface area contributed by atoms with E-state index in [0.717, 1.165) is 0 Å². The Hall–Kier alpha value is -1.60. The molecule has 4 heteroatoms. The van der Waals surface area contributed by atoms with E-state index in [9.17, 15) is 5.11 Å². The van der Waals surface area contributed by atoms with Crippen LogP contribution in [0.1, 0.15) is 19.0 Å². The minimum Gasteiger partial charge on any atom is -0.391 e. The topological polar surface area (TPSA) is 68.9 Å². The van der Waals surface area contributed by atoms with Crippen molar-refractivity contribution in [2.24, 2.45) is 0 Å². The van der Waals surface area contributed by atoms with Gasteiger partial charge in [0.25, 0.3) is 0 Å². The van der Waals surface area contributed by atoms with Gasteiger partial charge in [0.05, 0.1) is 11.8 Å². The largest absolute Gasteiger partial charge is 0.391 e. The van der Waals surface area contributed by atoms with Crippen molar-refractivity contribution in [1.82, 2.24) is 4.98 Å². The molecule has 14 heavy (non-hydrogen) atoms. The Balaban J connectivity index is 2.63. The van der Waals surface area contributed by atoms with E-state index in [1.807, 2.05) is 13.0 Å². The maximum atomic E-state index is 9.32. The van der Waals surface area contributed by atoms with Crippen molar-refractivity contribution in [3.63, 3.8) is 0 Å². The van der Waals surface area contributed by atoms with E-state index in [-0.39, 0.29) is 6.10 Å². The highest BCUT2D eigenvalue weighted by Crippen LogP contribution is 2.10. The van der Waals surface area contributed by atoms with Crippen LogP contribution in [0.5, 0.6) is 0 Å². The fourth-order valence-corrected chi connectivity index (χ4v) is 1.01. The first kappa shape index (κ1) is 10.5. The summed E-state index contributed by atoms with van der Waals surface area (Å²) in [6.07, 6.45) is 1.87. The molecule has 74 valence electrons. The van der Waals surface area contributed by atoms with Crippen LogP contribution in [0.15, 0.2) is 18.3 Å². The Kier molecular flexibility index (Phi) is 3.89. The van der Waals surface area contributed by atoms with Gasteiger partial charge in [-0.05, 0) is 18.6 Å². The van der Waals surface area contributed by atoms with Gasteiger partial charge in [-0.25, -0.2) is 4.98 Å². The highest BCUT2D eigenvalue weighted by molar-refractivity contribution is 5.53.